The molecular weight excluding hydrogens is 352 g/mol. The van der Waals surface area contributed by atoms with Gasteiger partial charge >= 0.3 is 6.09 Å². The molecule has 2 amide bonds. The Morgan fingerprint density at radius 1 is 1.27 bits per heavy atom. The van der Waals surface area contributed by atoms with Crippen LogP contribution in [0.2, 0.25) is 0 Å². The standard InChI is InChI=1S/C18H30N4O3S/c1-14-20-15(13-26-14)12-21-8-10-22(11-9-21)16(23)6-5-7-19-17(24)25-18(2,3)4/h13H,5-12H2,1-4H3,(H,19,24). The van der Waals surface area contributed by atoms with Crippen LogP contribution in [0.3, 0.4) is 0 Å². The molecule has 0 aromatic carbocycles. The predicted molar refractivity (Wildman–Crippen MR) is 102 cm³/mol. The van der Waals surface area contributed by atoms with Crippen molar-refractivity contribution < 1.29 is 14.3 Å². The summed E-state index contributed by atoms with van der Waals surface area (Å²) in [4.78, 5) is 32.6. The Morgan fingerprint density at radius 3 is 2.54 bits per heavy atom. The zero-order valence-electron chi connectivity index (χ0n) is 16.2. The number of piperazine rings is 1. The fourth-order valence-electron chi connectivity index (χ4n) is 2.77. The second-order valence-corrected chi connectivity index (χ2v) is 8.61. The van der Waals surface area contributed by atoms with Crippen LogP contribution in [0.5, 0.6) is 0 Å². The number of nitrogens with zero attached hydrogens (tertiary/aromatic N) is 3. The molecule has 2 rings (SSSR count). The summed E-state index contributed by atoms with van der Waals surface area (Å²) in [6.07, 6.45) is 0.633. The molecule has 2 heterocycles. The molecule has 8 heteroatoms. The molecule has 1 aliphatic heterocycles. The monoisotopic (exact) mass is 382 g/mol. The lowest BCUT2D eigenvalue weighted by molar-refractivity contribution is -0.133. The van der Waals surface area contributed by atoms with Gasteiger partial charge in [0.25, 0.3) is 0 Å². The maximum Gasteiger partial charge on any atom is 0.407 e. The van der Waals surface area contributed by atoms with Crippen molar-refractivity contribution in [3.05, 3.63) is 16.1 Å². The molecule has 1 saturated heterocycles. The number of rotatable bonds is 6. The van der Waals surface area contributed by atoms with E-state index in [1.807, 2.05) is 32.6 Å². The van der Waals surface area contributed by atoms with Gasteiger partial charge in [0.2, 0.25) is 5.91 Å². The normalized spacial score (nSPS) is 15.8. The van der Waals surface area contributed by atoms with Crippen molar-refractivity contribution in [2.45, 2.75) is 52.7 Å². The highest BCUT2D eigenvalue weighted by molar-refractivity contribution is 7.09. The SMILES string of the molecule is Cc1nc(CN2CCN(C(=O)CCCNC(=O)OC(C)(C)C)CC2)cs1. The quantitative estimate of drug-likeness (QED) is 0.765. The number of aromatic nitrogens is 1. The minimum atomic E-state index is -0.503. The minimum absolute atomic E-state index is 0.153. The van der Waals surface area contributed by atoms with Gasteiger partial charge in [-0.2, -0.15) is 0 Å². The van der Waals surface area contributed by atoms with E-state index in [1.54, 1.807) is 11.3 Å². The van der Waals surface area contributed by atoms with Gasteiger partial charge < -0.3 is 15.0 Å². The number of carbonyl (C=O) groups is 2. The Morgan fingerprint density at radius 2 is 1.96 bits per heavy atom. The van der Waals surface area contributed by atoms with E-state index < -0.39 is 11.7 Å². The van der Waals surface area contributed by atoms with Crippen molar-refractivity contribution in [1.29, 1.82) is 0 Å². The maximum atomic E-state index is 12.3. The average Bonchev–Trinajstić information content (AvgIpc) is 2.95. The largest absolute Gasteiger partial charge is 0.444 e. The zero-order valence-corrected chi connectivity index (χ0v) is 17.0. The molecule has 1 aromatic heterocycles. The Hall–Kier alpha value is -1.67. The maximum absolute atomic E-state index is 12.3. The third-order valence-corrected chi connectivity index (χ3v) is 4.84. The highest BCUT2D eigenvalue weighted by Gasteiger charge is 2.21. The molecular formula is C18H30N4O3S. The molecule has 0 radical (unpaired) electrons. The van der Waals surface area contributed by atoms with Crippen molar-refractivity contribution in [2.75, 3.05) is 32.7 Å². The Kier molecular flexibility index (Phi) is 7.40. The Bertz CT molecular complexity index is 604. The number of nitrogens with one attached hydrogen (secondary N) is 1. The van der Waals surface area contributed by atoms with Crippen LogP contribution in [-0.4, -0.2) is 65.1 Å². The van der Waals surface area contributed by atoms with Gasteiger partial charge in [-0.25, -0.2) is 9.78 Å². The van der Waals surface area contributed by atoms with Crippen LogP contribution >= 0.6 is 11.3 Å². The average molecular weight is 383 g/mol. The van der Waals surface area contributed by atoms with Crippen LogP contribution < -0.4 is 5.32 Å². The second-order valence-electron chi connectivity index (χ2n) is 7.55. The number of alkyl carbamates (subject to hydrolysis) is 1. The Labute approximate surface area is 159 Å². The summed E-state index contributed by atoms with van der Waals surface area (Å²) in [5.74, 6) is 0.153. The molecule has 1 N–H and O–H groups in total. The van der Waals surface area contributed by atoms with Crippen molar-refractivity contribution in [3.8, 4) is 0 Å². The minimum Gasteiger partial charge on any atom is -0.444 e. The van der Waals surface area contributed by atoms with Crippen molar-refractivity contribution in [1.82, 2.24) is 20.1 Å². The molecule has 0 unspecified atom stereocenters. The number of aryl methyl sites for hydroxylation is 1. The molecule has 7 nitrogen and oxygen atoms in total. The molecule has 0 aliphatic carbocycles. The lowest BCUT2D eigenvalue weighted by Gasteiger charge is -2.34. The summed E-state index contributed by atoms with van der Waals surface area (Å²) in [6, 6.07) is 0. The molecule has 1 fully saturated rings. The Balaban J connectivity index is 1.60. The summed E-state index contributed by atoms with van der Waals surface area (Å²) in [6.45, 7) is 12.0. The van der Waals surface area contributed by atoms with E-state index in [4.69, 9.17) is 4.74 Å². The number of amides is 2. The molecule has 0 bridgehead atoms. The van der Waals surface area contributed by atoms with Crippen molar-refractivity contribution in [2.24, 2.45) is 0 Å². The zero-order chi connectivity index (χ0) is 19.2. The first kappa shape index (κ1) is 20.6. The van der Waals surface area contributed by atoms with E-state index in [9.17, 15) is 9.59 Å². The fourth-order valence-corrected chi connectivity index (χ4v) is 3.37. The van der Waals surface area contributed by atoms with Crippen LogP contribution in [0, 0.1) is 6.92 Å². The van der Waals surface area contributed by atoms with E-state index >= 15 is 0 Å². The topological polar surface area (TPSA) is 74.8 Å². The van der Waals surface area contributed by atoms with Gasteiger partial charge in [0.15, 0.2) is 0 Å². The third kappa shape index (κ3) is 7.29. The fraction of sp³-hybridized carbons (Fsp3) is 0.722. The van der Waals surface area contributed by atoms with Crippen molar-refractivity contribution >= 4 is 23.3 Å². The molecule has 0 saturated carbocycles. The van der Waals surface area contributed by atoms with E-state index in [0.717, 1.165) is 43.4 Å². The first-order valence-corrected chi connectivity index (χ1v) is 9.99. The molecule has 1 aliphatic rings. The van der Waals surface area contributed by atoms with Crippen LogP contribution in [0.1, 0.15) is 44.3 Å². The van der Waals surface area contributed by atoms with Crippen LogP contribution in [0.15, 0.2) is 5.38 Å². The van der Waals surface area contributed by atoms with Crippen LogP contribution in [-0.2, 0) is 16.1 Å². The first-order valence-electron chi connectivity index (χ1n) is 9.11. The van der Waals surface area contributed by atoms with E-state index in [1.165, 1.54) is 0 Å². The van der Waals surface area contributed by atoms with E-state index in [0.29, 0.717) is 19.4 Å². The van der Waals surface area contributed by atoms with Gasteiger partial charge in [0.1, 0.15) is 5.60 Å². The first-order chi connectivity index (χ1) is 12.2. The lowest BCUT2D eigenvalue weighted by Crippen LogP contribution is -2.48. The van der Waals surface area contributed by atoms with Gasteiger partial charge in [-0.3, -0.25) is 9.69 Å². The summed E-state index contributed by atoms with van der Waals surface area (Å²) in [5.41, 5.74) is 0.608. The van der Waals surface area contributed by atoms with Crippen LogP contribution in [0.4, 0.5) is 4.79 Å². The number of ether oxygens (including phenoxy) is 1. The van der Waals surface area contributed by atoms with Crippen molar-refractivity contribution in [3.63, 3.8) is 0 Å². The summed E-state index contributed by atoms with van der Waals surface area (Å²) in [5, 5.41) is 5.88. The highest BCUT2D eigenvalue weighted by Crippen LogP contribution is 2.13. The summed E-state index contributed by atoms with van der Waals surface area (Å²) < 4.78 is 5.17. The van der Waals surface area contributed by atoms with E-state index in [2.05, 4.69) is 20.6 Å². The number of carbonyl (C=O) groups excluding carboxylic acids is 2. The van der Waals surface area contributed by atoms with Gasteiger partial charge in [0.05, 0.1) is 10.7 Å². The van der Waals surface area contributed by atoms with Gasteiger partial charge in [-0.1, -0.05) is 0 Å². The molecule has 1 aromatic rings. The molecule has 146 valence electrons. The summed E-state index contributed by atoms with van der Waals surface area (Å²) in [7, 11) is 0. The molecule has 0 atom stereocenters. The van der Waals surface area contributed by atoms with Gasteiger partial charge in [-0.05, 0) is 34.1 Å². The smallest absolute Gasteiger partial charge is 0.407 e. The van der Waals surface area contributed by atoms with E-state index in [-0.39, 0.29) is 5.91 Å². The van der Waals surface area contributed by atoms with Gasteiger partial charge in [0, 0.05) is 51.1 Å². The molecule has 26 heavy (non-hydrogen) atoms. The lowest BCUT2D eigenvalue weighted by atomic mass is 10.2. The third-order valence-electron chi connectivity index (χ3n) is 4.01. The number of thiazole rings is 1. The summed E-state index contributed by atoms with van der Waals surface area (Å²) >= 11 is 1.67. The number of hydrogen-bond donors (Lipinski definition) is 1. The molecule has 0 spiro atoms. The highest BCUT2D eigenvalue weighted by atomic mass is 32.1. The van der Waals surface area contributed by atoms with Gasteiger partial charge in [-0.15, -0.1) is 11.3 Å². The number of hydrogen-bond acceptors (Lipinski definition) is 6. The predicted octanol–water partition coefficient (Wildman–Crippen LogP) is 2.40. The second kappa shape index (κ2) is 9.32. The van der Waals surface area contributed by atoms with Crippen LogP contribution in [0.25, 0.3) is 0 Å².